The number of unbranched alkanes of at least 4 members (excludes halogenated alkanes) is 4. The molecule has 0 aromatic carbocycles. The molecule has 0 heterocycles. The van der Waals surface area contributed by atoms with Gasteiger partial charge in [0.2, 0.25) is 6.58 Å². The van der Waals surface area contributed by atoms with Crippen molar-refractivity contribution in [3.8, 4) is 0 Å². The maximum absolute atomic E-state index is 5.19. The smallest absolute Gasteiger partial charge is 0.0654 e. The van der Waals surface area contributed by atoms with Crippen molar-refractivity contribution in [2.24, 2.45) is 0 Å². The first-order valence-electron chi connectivity index (χ1n) is 3.45. The molecule has 46 valence electrons. The van der Waals surface area contributed by atoms with Crippen molar-refractivity contribution in [1.82, 2.24) is 0 Å². The Labute approximate surface area is 52.6 Å². The third kappa shape index (κ3) is 5.65. The van der Waals surface area contributed by atoms with Crippen LogP contribution in [0.5, 0.6) is 0 Å². The lowest BCUT2D eigenvalue weighted by molar-refractivity contribution is 0.674. The summed E-state index contributed by atoms with van der Waals surface area (Å²) in [5.41, 5.74) is 0. The second-order valence-electron chi connectivity index (χ2n) is 2.09. The van der Waals surface area contributed by atoms with E-state index < -0.39 is 0 Å². The summed E-state index contributed by atoms with van der Waals surface area (Å²) in [5, 5.41) is 0. The van der Waals surface area contributed by atoms with E-state index in [0.29, 0.717) is 0 Å². The van der Waals surface area contributed by atoms with Crippen LogP contribution in [-0.2, 0) is 0 Å². The van der Waals surface area contributed by atoms with Gasteiger partial charge >= 0.3 is 0 Å². The highest BCUT2D eigenvalue weighted by molar-refractivity contribution is 4.61. The van der Waals surface area contributed by atoms with Gasteiger partial charge < -0.3 is 0 Å². The summed E-state index contributed by atoms with van der Waals surface area (Å²) >= 11 is 0. The lowest BCUT2D eigenvalue weighted by Crippen LogP contribution is -1.71. The molecule has 0 heteroatoms. The quantitative estimate of drug-likeness (QED) is 0.378. The summed E-state index contributed by atoms with van der Waals surface area (Å²) in [6.45, 7) is 7.40. The standard InChI is InChI=1S/C8H15/c1-3-5-7-8-6-4-2/h1,3H,4-8H2,2H3/q+1. The van der Waals surface area contributed by atoms with E-state index in [1.165, 1.54) is 25.7 Å². The lowest BCUT2D eigenvalue weighted by Gasteiger charge is -1.89. The zero-order chi connectivity index (χ0) is 6.24. The normalized spacial score (nSPS) is 9.00. The van der Waals surface area contributed by atoms with Crippen LogP contribution in [0, 0.1) is 6.58 Å². The Morgan fingerprint density at radius 2 is 2.00 bits per heavy atom. The molecule has 0 aliphatic heterocycles. The van der Waals surface area contributed by atoms with Crippen LogP contribution in [0.2, 0.25) is 0 Å². The van der Waals surface area contributed by atoms with Crippen LogP contribution in [0.4, 0.5) is 0 Å². The average molecular weight is 111 g/mol. The van der Waals surface area contributed by atoms with E-state index in [1.807, 2.05) is 0 Å². The Morgan fingerprint density at radius 1 is 1.25 bits per heavy atom. The Balaban J connectivity index is 2.62. The van der Waals surface area contributed by atoms with Crippen LogP contribution in [-0.4, -0.2) is 0 Å². The molecule has 0 atom stereocenters. The van der Waals surface area contributed by atoms with E-state index in [9.17, 15) is 0 Å². The van der Waals surface area contributed by atoms with Crippen molar-refractivity contribution in [3.05, 3.63) is 12.7 Å². The van der Waals surface area contributed by atoms with Gasteiger partial charge in [0.15, 0.2) is 6.08 Å². The number of allylic oxidation sites excluding steroid dienone is 1. The van der Waals surface area contributed by atoms with Crippen LogP contribution in [0.1, 0.15) is 39.0 Å². The van der Waals surface area contributed by atoms with Crippen LogP contribution in [0.15, 0.2) is 6.08 Å². The molecule has 0 aromatic rings. The van der Waals surface area contributed by atoms with E-state index >= 15 is 0 Å². The van der Waals surface area contributed by atoms with Crippen LogP contribution >= 0.6 is 0 Å². The van der Waals surface area contributed by atoms with Gasteiger partial charge in [-0.15, -0.1) is 0 Å². The summed E-state index contributed by atoms with van der Waals surface area (Å²) in [7, 11) is 0. The van der Waals surface area contributed by atoms with Crippen molar-refractivity contribution in [2.75, 3.05) is 0 Å². The topological polar surface area (TPSA) is 0 Å². The van der Waals surface area contributed by atoms with E-state index in [-0.39, 0.29) is 0 Å². The second-order valence-corrected chi connectivity index (χ2v) is 2.09. The molecule has 0 aromatic heterocycles. The predicted molar refractivity (Wildman–Crippen MR) is 37.6 cm³/mol. The molecule has 0 N–H and O–H groups in total. The van der Waals surface area contributed by atoms with Gasteiger partial charge in [0.25, 0.3) is 0 Å². The van der Waals surface area contributed by atoms with E-state index in [0.717, 1.165) is 6.42 Å². The molecule has 0 aliphatic rings. The second kappa shape index (κ2) is 6.65. The molecule has 0 saturated heterocycles. The molecule has 0 saturated carbocycles. The lowest BCUT2D eigenvalue weighted by atomic mass is 10.2. The zero-order valence-corrected chi connectivity index (χ0v) is 5.69. The van der Waals surface area contributed by atoms with Crippen LogP contribution in [0.25, 0.3) is 0 Å². The van der Waals surface area contributed by atoms with Crippen LogP contribution < -0.4 is 0 Å². The van der Waals surface area contributed by atoms with E-state index in [2.05, 4.69) is 6.92 Å². The first kappa shape index (κ1) is 7.65. The van der Waals surface area contributed by atoms with Gasteiger partial charge in [0, 0.05) is 6.42 Å². The minimum Gasteiger partial charge on any atom is -0.0654 e. The first-order chi connectivity index (χ1) is 3.91. The van der Waals surface area contributed by atoms with Crippen molar-refractivity contribution in [1.29, 1.82) is 0 Å². The Morgan fingerprint density at radius 3 is 2.50 bits per heavy atom. The number of rotatable bonds is 5. The Bertz CT molecular complexity index is 46.0. The largest absolute Gasteiger partial charge is 0.201 e. The maximum Gasteiger partial charge on any atom is 0.201 e. The van der Waals surface area contributed by atoms with Gasteiger partial charge in [0.1, 0.15) is 0 Å². The number of hydrogen-bond donors (Lipinski definition) is 0. The van der Waals surface area contributed by atoms with Crippen molar-refractivity contribution >= 4 is 0 Å². The van der Waals surface area contributed by atoms with Gasteiger partial charge in [-0.1, -0.05) is 26.2 Å². The van der Waals surface area contributed by atoms with Gasteiger partial charge in [0.05, 0.1) is 0 Å². The van der Waals surface area contributed by atoms with Gasteiger partial charge in [-0.2, -0.15) is 0 Å². The fraction of sp³-hybridized carbons (Fsp3) is 0.750. The molecule has 0 aliphatic carbocycles. The molecule has 0 nitrogen and oxygen atoms in total. The molecule has 0 bridgehead atoms. The Kier molecular flexibility index (Phi) is 6.36. The van der Waals surface area contributed by atoms with E-state index in [1.54, 1.807) is 6.08 Å². The Hall–Kier alpha value is -0.350. The molecule has 0 fully saturated rings. The molecule has 0 radical (unpaired) electrons. The minimum absolute atomic E-state index is 1.08. The summed E-state index contributed by atoms with van der Waals surface area (Å²) in [6.07, 6.45) is 8.10. The highest BCUT2D eigenvalue weighted by atomic mass is 13.9. The molecule has 8 heavy (non-hydrogen) atoms. The first-order valence-corrected chi connectivity index (χ1v) is 3.45. The summed E-state index contributed by atoms with van der Waals surface area (Å²) in [4.78, 5) is 0. The summed E-state index contributed by atoms with van der Waals surface area (Å²) < 4.78 is 0. The predicted octanol–water partition coefficient (Wildman–Crippen LogP) is 2.95. The zero-order valence-electron chi connectivity index (χ0n) is 5.69. The molecular weight excluding hydrogens is 96.1 g/mol. The van der Waals surface area contributed by atoms with Crippen molar-refractivity contribution in [2.45, 2.75) is 39.0 Å². The summed E-state index contributed by atoms with van der Waals surface area (Å²) in [5.74, 6) is 0. The van der Waals surface area contributed by atoms with Crippen molar-refractivity contribution < 1.29 is 0 Å². The van der Waals surface area contributed by atoms with E-state index in [4.69, 9.17) is 6.58 Å². The highest BCUT2D eigenvalue weighted by Crippen LogP contribution is 2.01. The SMILES string of the molecule is [CH+]=CCCCCCC. The highest BCUT2D eigenvalue weighted by Gasteiger charge is 1.84. The molecular formula is C8H15+. The van der Waals surface area contributed by atoms with Gasteiger partial charge in [-0.3, -0.25) is 0 Å². The maximum atomic E-state index is 5.19. The number of hydrogen-bond acceptors (Lipinski definition) is 0. The monoisotopic (exact) mass is 111 g/mol. The molecule has 0 rings (SSSR count). The van der Waals surface area contributed by atoms with Crippen LogP contribution in [0.3, 0.4) is 0 Å². The minimum atomic E-state index is 1.08. The molecule has 0 unspecified atom stereocenters. The van der Waals surface area contributed by atoms with Gasteiger partial charge in [-0.25, -0.2) is 0 Å². The fourth-order valence-electron chi connectivity index (χ4n) is 0.689. The van der Waals surface area contributed by atoms with Crippen molar-refractivity contribution in [3.63, 3.8) is 0 Å². The summed E-state index contributed by atoms with van der Waals surface area (Å²) in [6, 6.07) is 0. The average Bonchev–Trinajstić information content (AvgIpc) is 1.81. The van der Waals surface area contributed by atoms with Gasteiger partial charge in [-0.05, 0) is 6.42 Å². The molecule has 0 spiro atoms. The third-order valence-corrected chi connectivity index (χ3v) is 1.22. The third-order valence-electron chi connectivity index (χ3n) is 1.22. The molecule has 0 amide bonds. The fourth-order valence-corrected chi connectivity index (χ4v) is 0.689.